The number of anilines is 1. The Bertz CT molecular complexity index is 407. The van der Waals surface area contributed by atoms with E-state index in [-0.39, 0.29) is 12.7 Å². The number of carbonyl (C=O) groups excluding carboxylic acids is 1. The summed E-state index contributed by atoms with van der Waals surface area (Å²) < 4.78 is 10.4. The second-order valence-corrected chi connectivity index (χ2v) is 3.79. The Morgan fingerprint density at radius 2 is 2.18 bits per heavy atom. The summed E-state index contributed by atoms with van der Waals surface area (Å²) in [5.41, 5.74) is 0.720. The molecule has 2 rings (SSSR count). The first-order valence-corrected chi connectivity index (χ1v) is 5.70. The summed E-state index contributed by atoms with van der Waals surface area (Å²) in [5.74, 6) is 1.33. The zero-order valence-electron chi connectivity index (χ0n) is 9.79. The molecular weight excluding hydrogens is 220 g/mol. The molecule has 1 amide bonds. The third-order valence-corrected chi connectivity index (χ3v) is 2.37. The Hall–Kier alpha value is -1.75. The molecule has 2 N–H and O–H groups in total. The van der Waals surface area contributed by atoms with Gasteiger partial charge < -0.3 is 20.1 Å². The number of rotatable bonds is 5. The minimum absolute atomic E-state index is 0.0580. The third-order valence-electron chi connectivity index (χ3n) is 2.37. The molecule has 0 radical (unpaired) electrons. The van der Waals surface area contributed by atoms with Crippen LogP contribution >= 0.6 is 0 Å². The minimum atomic E-state index is -0.0580. The second-order valence-electron chi connectivity index (χ2n) is 3.79. The van der Waals surface area contributed by atoms with Crippen molar-refractivity contribution in [2.45, 2.75) is 13.3 Å². The fourth-order valence-corrected chi connectivity index (χ4v) is 1.56. The molecule has 17 heavy (non-hydrogen) atoms. The van der Waals surface area contributed by atoms with Gasteiger partial charge >= 0.3 is 0 Å². The third kappa shape index (κ3) is 3.10. The van der Waals surface area contributed by atoms with Crippen molar-refractivity contribution in [1.29, 1.82) is 0 Å². The molecule has 1 heterocycles. The smallest absolute Gasteiger partial charge is 0.238 e. The van der Waals surface area contributed by atoms with Crippen LogP contribution in [0.5, 0.6) is 11.5 Å². The highest BCUT2D eigenvalue weighted by Gasteiger charge is 2.13. The summed E-state index contributed by atoms with van der Waals surface area (Å²) >= 11 is 0. The van der Waals surface area contributed by atoms with Crippen LogP contribution in [0.4, 0.5) is 5.69 Å². The molecule has 1 aliphatic heterocycles. The van der Waals surface area contributed by atoms with Crippen molar-refractivity contribution in [3.05, 3.63) is 18.2 Å². The number of benzene rings is 1. The summed E-state index contributed by atoms with van der Waals surface area (Å²) in [6, 6.07) is 5.35. The highest BCUT2D eigenvalue weighted by molar-refractivity contribution is 5.92. The molecular formula is C12H16N2O3. The lowest BCUT2D eigenvalue weighted by molar-refractivity contribution is -0.115. The number of hydrogen-bond donors (Lipinski definition) is 2. The second kappa shape index (κ2) is 5.54. The van der Waals surface area contributed by atoms with E-state index in [1.807, 2.05) is 0 Å². The zero-order chi connectivity index (χ0) is 12.1. The summed E-state index contributed by atoms with van der Waals surface area (Å²) in [4.78, 5) is 11.5. The maximum absolute atomic E-state index is 11.5. The van der Waals surface area contributed by atoms with Gasteiger partial charge in [-0.15, -0.1) is 0 Å². The molecule has 0 unspecified atom stereocenters. The van der Waals surface area contributed by atoms with E-state index in [9.17, 15) is 4.79 Å². The Balaban J connectivity index is 1.88. The topological polar surface area (TPSA) is 59.6 Å². The van der Waals surface area contributed by atoms with Gasteiger partial charge in [0.15, 0.2) is 11.5 Å². The van der Waals surface area contributed by atoms with Gasteiger partial charge in [0.1, 0.15) is 0 Å². The van der Waals surface area contributed by atoms with E-state index in [2.05, 4.69) is 17.6 Å². The first-order chi connectivity index (χ1) is 8.29. The normalized spacial score (nSPS) is 12.5. The van der Waals surface area contributed by atoms with Crippen LogP contribution in [0.15, 0.2) is 18.2 Å². The summed E-state index contributed by atoms with van der Waals surface area (Å²) in [5, 5.41) is 5.83. The van der Waals surface area contributed by atoms with Crippen LogP contribution in [0.3, 0.4) is 0 Å². The summed E-state index contributed by atoms with van der Waals surface area (Å²) in [7, 11) is 0. The molecule has 0 atom stereocenters. The number of carbonyl (C=O) groups is 1. The van der Waals surface area contributed by atoms with Gasteiger partial charge in [0.2, 0.25) is 12.7 Å². The Kier molecular flexibility index (Phi) is 3.82. The van der Waals surface area contributed by atoms with Gasteiger partial charge in [0.05, 0.1) is 6.54 Å². The fourth-order valence-electron chi connectivity index (χ4n) is 1.56. The van der Waals surface area contributed by atoms with E-state index in [1.165, 1.54) is 0 Å². The summed E-state index contributed by atoms with van der Waals surface area (Å²) in [6.45, 7) is 3.46. The molecule has 0 aromatic heterocycles. The van der Waals surface area contributed by atoms with Crippen LogP contribution in [0.2, 0.25) is 0 Å². The lowest BCUT2D eigenvalue weighted by atomic mass is 10.3. The van der Waals surface area contributed by atoms with E-state index in [4.69, 9.17) is 9.47 Å². The van der Waals surface area contributed by atoms with Crippen LogP contribution in [-0.2, 0) is 4.79 Å². The van der Waals surface area contributed by atoms with Gasteiger partial charge in [-0.2, -0.15) is 0 Å². The first kappa shape index (κ1) is 11.7. The molecule has 5 nitrogen and oxygen atoms in total. The Morgan fingerprint density at radius 1 is 1.35 bits per heavy atom. The Morgan fingerprint density at radius 3 is 3.00 bits per heavy atom. The standard InChI is InChI=1S/C12H16N2O3/c1-2-5-13-7-12(15)14-9-3-4-10-11(6-9)17-8-16-10/h3-4,6,13H,2,5,7-8H2,1H3,(H,14,15). The molecule has 0 saturated carbocycles. The maximum atomic E-state index is 11.5. The molecule has 0 saturated heterocycles. The average Bonchev–Trinajstić information content (AvgIpc) is 2.76. The van der Waals surface area contributed by atoms with Crippen LogP contribution in [-0.4, -0.2) is 25.8 Å². The van der Waals surface area contributed by atoms with Crippen molar-refractivity contribution in [1.82, 2.24) is 5.32 Å². The van der Waals surface area contributed by atoms with Crippen molar-refractivity contribution in [2.75, 3.05) is 25.2 Å². The summed E-state index contributed by atoms with van der Waals surface area (Å²) in [6.07, 6.45) is 1.01. The molecule has 1 aromatic carbocycles. The van der Waals surface area contributed by atoms with Gasteiger partial charge in [-0.1, -0.05) is 6.92 Å². The molecule has 5 heteroatoms. The van der Waals surface area contributed by atoms with E-state index >= 15 is 0 Å². The van der Waals surface area contributed by atoms with Crippen molar-refractivity contribution in [3.63, 3.8) is 0 Å². The SMILES string of the molecule is CCCNCC(=O)Nc1ccc2c(c1)OCO2. The molecule has 0 bridgehead atoms. The minimum Gasteiger partial charge on any atom is -0.454 e. The van der Waals surface area contributed by atoms with Crippen LogP contribution in [0.25, 0.3) is 0 Å². The lowest BCUT2D eigenvalue weighted by Crippen LogP contribution is -2.28. The van der Waals surface area contributed by atoms with Crippen molar-refractivity contribution in [3.8, 4) is 11.5 Å². The molecule has 0 spiro atoms. The number of nitrogens with one attached hydrogen (secondary N) is 2. The maximum Gasteiger partial charge on any atom is 0.238 e. The van der Waals surface area contributed by atoms with Gasteiger partial charge in [-0.3, -0.25) is 4.79 Å². The predicted octanol–water partition coefficient (Wildman–Crippen LogP) is 1.35. The van der Waals surface area contributed by atoms with E-state index < -0.39 is 0 Å². The number of ether oxygens (including phenoxy) is 2. The first-order valence-electron chi connectivity index (χ1n) is 5.70. The average molecular weight is 236 g/mol. The highest BCUT2D eigenvalue weighted by atomic mass is 16.7. The Labute approximate surface area is 100 Å². The predicted molar refractivity (Wildman–Crippen MR) is 64.4 cm³/mol. The number of amides is 1. The quantitative estimate of drug-likeness (QED) is 0.758. The highest BCUT2D eigenvalue weighted by Crippen LogP contribution is 2.34. The van der Waals surface area contributed by atoms with Crippen LogP contribution < -0.4 is 20.1 Å². The van der Waals surface area contributed by atoms with Gasteiger partial charge in [-0.25, -0.2) is 0 Å². The number of fused-ring (bicyclic) bond motifs is 1. The molecule has 92 valence electrons. The lowest BCUT2D eigenvalue weighted by Gasteiger charge is -2.06. The van der Waals surface area contributed by atoms with Gasteiger partial charge in [0, 0.05) is 11.8 Å². The molecule has 0 fully saturated rings. The number of hydrogen-bond acceptors (Lipinski definition) is 4. The van der Waals surface area contributed by atoms with Gasteiger partial charge in [-0.05, 0) is 25.1 Å². The fraction of sp³-hybridized carbons (Fsp3) is 0.417. The van der Waals surface area contributed by atoms with E-state index in [0.717, 1.165) is 18.7 Å². The van der Waals surface area contributed by atoms with Gasteiger partial charge in [0.25, 0.3) is 0 Å². The molecule has 0 aliphatic carbocycles. The van der Waals surface area contributed by atoms with Crippen molar-refractivity contribution >= 4 is 11.6 Å². The monoisotopic (exact) mass is 236 g/mol. The van der Waals surface area contributed by atoms with E-state index in [0.29, 0.717) is 18.0 Å². The van der Waals surface area contributed by atoms with Crippen LogP contribution in [0, 0.1) is 0 Å². The van der Waals surface area contributed by atoms with Crippen molar-refractivity contribution in [2.24, 2.45) is 0 Å². The largest absolute Gasteiger partial charge is 0.454 e. The molecule has 1 aromatic rings. The van der Waals surface area contributed by atoms with Crippen molar-refractivity contribution < 1.29 is 14.3 Å². The van der Waals surface area contributed by atoms with E-state index in [1.54, 1.807) is 18.2 Å². The molecule has 1 aliphatic rings. The zero-order valence-corrected chi connectivity index (χ0v) is 9.79. The van der Waals surface area contributed by atoms with Crippen LogP contribution in [0.1, 0.15) is 13.3 Å².